The van der Waals surface area contributed by atoms with Gasteiger partial charge < -0.3 is 15.1 Å². The maximum atomic E-state index is 12.5. The molecule has 3 aliphatic rings. The molecular weight excluding hydrogens is 238 g/mol. The topological polar surface area (TPSA) is 35.6 Å². The van der Waals surface area contributed by atoms with Gasteiger partial charge in [0.25, 0.3) is 0 Å². The van der Waals surface area contributed by atoms with Crippen molar-refractivity contribution in [1.29, 1.82) is 0 Å². The second-order valence-corrected chi connectivity index (χ2v) is 6.55. The maximum Gasteiger partial charge on any atom is 0.239 e. The molecule has 0 aromatic heterocycles. The summed E-state index contributed by atoms with van der Waals surface area (Å²) in [5.74, 6) is 1.70. The van der Waals surface area contributed by atoms with Crippen LogP contribution in [0.4, 0.5) is 0 Å². The molecule has 0 aromatic rings. The summed E-state index contributed by atoms with van der Waals surface area (Å²) in [6.45, 7) is 5.42. The number of carbonyl (C=O) groups excluding carboxylic acids is 1. The minimum atomic E-state index is 0.107. The van der Waals surface area contributed by atoms with Crippen LogP contribution in [-0.2, 0) is 4.79 Å². The van der Waals surface area contributed by atoms with Crippen LogP contribution in [0.5, 0.6) is 0 Å². The van der Waals surface area contributed by atoms with Gasteiger partial charge in [-0.05, 0) is 57.2 Å². The molecule has 0 bridgehead atoms. The van der Waals surface area contributed by atoms with E-state index >= 15 is 0 Å². The van der Waals surface area contributed by atoms with Crippen molar-refractivity contribution in [3.05, 3.63) is 0 Å². The van der Waals surface area contributed by atoms with Crippen molar-refractivity contribution in [3.63, 3.8) is 0 Å². The third kappa shape index (κ3) is 2.79. The quantitative estimate of drug-likeness (QED) is 0.821. The molecule has 1 N–H and O–H groups in total. The minimum Gasteiger partial charge on any atom is -0.343 e. The van der Waals surface area contributed by atoms with Crippen molar-refractivity contribution in [2.24, 2.45) is 11.8 Å². The summed E-state index contributed by atoms with van der Waals surface area (Å²) < 4.78 is 0. The van der Waals surface area contributed by atoms with Gasteiger partial charge in [0.1, 0.15) is 0 Å². The number of likely N-dealkylation sites (N-methyl/N-ethyl adjacent to an activating group) is 1. The highest BCUT2D eigenvalue weighted by Crippen LogP contribution is 2.38. The Hall–Kier alpha value is -0.610. The van der Waals surface area contributed by atoms with E-state index in [-0.39, 0.29) is 6.04 Å². The van der Waals surface area contributed by atoms with Crippen molar-refractivity contribution >= 4 is 5.91 Å². The number of likely N-dealkylation sites (tertiary alicyclic amines) is 1. The lowest BCUT2D eigenvalue weighted by atomic mass is 9.93. The first-order chi connectivity index (χ1) is 9.25. The molecular formula is C15H27N3O. The molecule has 3 fully saturated rings. The standard InChI is InChI=1S/C15H27N3O/c1-17(9-10-18-7-2-3-8-18)15(19)14-13-6-4-5-12(13)11-16-14/h12-14,16H,2-11H2,1H3. The molecule has 108 valence electrons. The van der Waals surface area contributed by atoms with E-state index in [1.54, 1.807) is 0 Å². The largest absolute Gasteiger partial charge is 0.343 e. The maximum absolute atomic E-state index is 12.5. The summed E-state index contributed by atoms with van der Waals surface area (Å²) >= 11 is 0. The second-order valence-electron chi connectivity index (χ2n) is 6.55. The van der Waals surface area contributed by atoms with Crippen molar-refractivity contribution in [2.45, 2.75) is 38.1 Å². The number of nitrogens with one attached hydrogen (secondary N) is 1. The van der Waals surface area contributed by atoms with Gasteiger partial charge in [0.15, 0.2) is 0 Å². The monoisotopic (exact) mass is 265 g/mol. The zero-order valence-corrected chi connectivity index (χ0v) is 12.1. The van der Waals surface area contributed by atoms with E-state index in [9.17, 15) is 4.79 Å². The molecule has 3 atom stereocenters. The number of carbonyl (C=O) groups is 1. The van der Waals surface area contributed by atoms with Crippen LogP contribution in [0.1, 0.15) is 32.1 Å². The number of fused-ring (bicyclic) bond motifs is 1. The molecule has 2 heterocycles. The van der Waals surface area contributed by atoms with E-state index in [2.05, 4.69) is 10.2 Å². The molecule has 1 saturated carbocycles. The molecule has 2 saturated heterocycles. The second kappa shape index (κ2) is 5.80. The fraction of sp³-hybridized carbons (Fsp3) is 0.933. The van der Waals surface area contributed by atoms with Gasteiger partial charge in [-0.3, -0.25) is 4.79 Å². The first-order valence-corrected chi connectivity index (χ1v) is 7.96. The van der Waals surface area contributed by atoms with Gasteiger partial charge >= 0.3 is 0 Å². The molecule has 19 heavy (non-hydrogen) atoms. The van der Waals surface area contributed by atoms with Gasteiger partial charge in [0.05, 0.1) is 6.04 Å². The highest BCUT2D eigenvalue weighted by molar-refractivity contribution is 5.82. The van der Waals surface area contributed by atoms with E-state index in [4.69, 9.17) is 0 Å². The van der Waals surface area contributed by atoms with Crippen molar-refractivity contribution in [3.8, 4) is 0 Å². The summed E-state index contributed by atoms with van der Waals surface area (Å²) in [5, 5.41) is 3.46. The summed E-state index contributed by atoms with van der Waals surface area (Å²) in [4.78, 5) is 17.0. The van der Waals surface area contributed by atoms with Crippen LogP contribution in [0.2, 0.25) is 0 Å². The molecule has 4 nitrogen and oxygen atoms in total. The van der Waals surface area contributed by atoms with E-state index in [0.29, 0.717) is 11.8 Å². The number of hydrogen-bond acceptors (Lipinski definition) is 3. The Kier molecular flexibility index (Phi) is 4.08. The van der Waals surface area contributed by atoms with Gasteiger partial charge in [-0.15, -0.1) is 0 Å². The Balaban J connectivity index is 1.48. The van der Waals surface area contributed by atoms with Crippen LogP contribution < -0.4 is 5.32 Å². The van der Waals surface area contributed by atoms with Crippen molar-refractivity contribution in [1.82, 2.24) is 15.1 Å². The van der Waals surface area contributed by atoms with Gasteiger partial charge in [-0.1, -0.05) is 6.42 Å². The van der Waals surface area contributed by atoms with Crippen molar-refractivity contribution in [2.75, 3.05) is 39.8 Å². The molecule has 0 spiro atoms. The van der Waals surface area contributed by atoms with Gasteiger partial charge in [-0.25, -0.2) is 0 Å². The SMILES string of the molecule is CN(CCN1CCCC1)C(=O)C1NCC2CCCC21. The van der Waals surface area contributed by atoms with E-state index in [1.165, 1.54) is 45.2 Å². The Morgan fingerprint density at radius 1 is 1.26 bits per heavy atom. The van der Waals surface area contributed by atoms with E-state index in [0.717, 1.165) is 25.6 Å². The van der Waals surface area contributed by atoms with Crippen molar-refractivity contribution < 1.29 is 4.79 Å². The Morgan fingerprint density at radius 2 is 2.05 bits per heavy atom. The summed E-state index contributed by atoms with van der Waals surface area (Å²) in [5.41, 5.74) is 0. The average Bonchev–Trinajstić information content (AvgIpc) is 3.11. The van der Waals surface area contributed by atoms with E-state index < -0.39 is 0 Å². The zero-order chi connectivity index (χ0) is 13.2. The fourth-order valence-corrected chi connectivity index (χ4v) is 4.10. The summed E-state index contributed by atoms with van der Waals surface area (Å²) in [6, 6.07) is 0.107. The van der Waals surface area contributed by atoms with Gasteiger partial charge in [0.2, 0.25) is 5.91 Å². The predicted octanol–water partition coefficient (Wildman–Crippen LogP) is 0.929. The highest BCUT2D eigenvalue weighted by Gasteiger charge is 2.43. The molecule has 2 aliphatic heterocycles. The molecule has 3 rings (SSSR count). The molecule has 0 radical (unpaired) electrons. The molecule has 1 aliphatic carbocycles. The first kappa shape index (κ1) is 13.4. The van der Waals surface area contributed by atoms with Crippen LogP contribution in [0.15, 0.2) is 0 Å². The smallest absolute Gasteiger partial charge is 0.239 e. The van der Waals surface area contributed by atoms with Crippen LogP contribution in [0.25, 0.3) is 0 Å². The number of rotatable bonds is 4. The predicted molar refractivity (Wildman–Crippen MR) is 75.9 cm³/mol. The van der Waals surface area contributed by atoms with Gasteiger partial charge in [0, 0.05) is 20.1 Å². The first-order valence-electron chi connectivity index (χ1n) is 7.96. The third-order valence-corrected chi connectivity index (χ3v) is 5.34. The fourth-order valence-electron chi connectivity index (χ4n) is 4.10. The van der Waals surface area contributed by atoms with E-state index in [1.807, 2.05) is 11.9 Å². The Morgan fingerprint density at radius 3 is 2.84 bits per heavy atom. The lowest BCUT2D eigenvalue weighted by Crippen LogP contribution is -2.46. The number of hydrogen-bond donors (Lipinski definition) is 1. The van der Waals surface area contributed by atoms with Crippen LogP contribution in [0, 0.1) is 11.8 Å². The Bertz CT molecular complexity index is 327. The molecule has 1 amide bonds. The number of nitrogens with zero attached hydrogens (tertiary/aromatic N) is 2. The summed E-state index contributed by atoms with van der Waals surface area (Å²) in [7, 11) is 1.97. The minimum absolute atomic E-state index is 0.107. The molecule has 3 unspecified atom stereocenters. The lowest BCUT2D eigenvalue weighted by molar-refractivity contribution is -0.133. The molecule has 0 aromatic carbocycles. The normalized spacial score (nSPS) is 34.7. The number of amides is 1. The Labute approximate surface area is 116 Å². The van der Waals surface area contributed by atoms with Crippen LogP contribution in [0.3, 0.4) is 0 Å². The summed E-state index contributed by atoms with van der Waals surface area (Å²) in [6.07, 6.45) is 6.53. The van der Waals surface area contributed by atoms with Crippen LogP contribution >= 0.6 is 0 Å². The molecule has 4 heteroatoms. The van der Waals surface area contributed by atoms with Gasteiger partial charge in [-0.2, -0.15) is 0 Å². The zero-order valence-electron chi connectivity index (χ0n) is 12.1. The third-order valence-electron chi connectivity index (χ3n) is 5.34. The highest BCUT2D eigenvalue weighted by atomic mass is 16.2. The average molecular weight is 265 g/mol. The lowest BCUT2D eigenvalue weighted by Gasteiger charge is -2.26. The van der Waals surface area contributed by atoms with Crippen LogP contribution in [-0.4, -0.2) is 61.5 Å².